The van der Waals surface area contributed by atoms with Crippen LogP contribution in [0.25, 0.3) is 0 Å². The Labute approximate surface area is 221 Å². The van der Waals surface area contributed by atoms with E-state index in [1.165, 1.54) is 47.0 Å². The van der Waals surface area contributed by atoms with Crippen molar-refractivity contribution in [3.8, 4) is 0 Å². The lowest BCUT2D eigenvalue weighted by Crippen LogP contribution is -2.41. The van der Waals surface area contributed by atoms with E-state index in [0.29, 0.717) is 30.1 Å². The first-order valence-corrected chi connectivity index (χ1v) is 14.7. The van der Waals surface area contributed by atoms with Crippen LogP contribution in [0.1, 0.15) is 64.3 Å². The predicted molar refractivity (Wildman–Crippen MR) is 142 cm³/mol. The van der Waals surface area contributed by atoms with Gasteiger partial charge < -0.3 is 10.6 Å². The summed E-state index contributed by atoms with van der Waals surface area (Å²) >= 11 is 1.32. The Morgan fingerprint density at radius 1 is 1.08 bits per heavy atom. The summed E-state index contributed by atoms with van der Waals surface area (Å²) in [6.07, 6.45) is 3.31. The van der Waals surface area contributed by atoms with Gasteiger partial charge in [0.2, 0.25) is 10.0 Å². The fourth-order valence-corrected chi connectivity index (χ4v) is 7.78. The number of hydrogen-bond acceptors (Lipinski definition) is 7. The lowest BCUT2D eigenvalue weighted by molar-refractivity contribution is 0.0964. The molecule has 0 saturated carbocycles. The van der Waals surface area contributed by atoms with Gasteiger partial charge in [0.05, 0.1) is 10.5 Å². The molecular formula is C25H33N5O5S2. The van der Waals surface area contributed by atoms with Gasteiger partial charge in [-0.25, -0.2) is 13.2 Å². The molecule has 0 bridgehead atoms. The molecule has 3 heterocycles. The Balaban J connectivity index is 1.57. The van der Waals surface area contributed by atoms with E-state index in [2.05, 4.69) is 27.8 Å². The maximum Gasteiger partial charge on any atom is 0.321 e. The molecule has 0 radical (unpaired) electrons. The summed E-state index contributed by atoms with van der Waals surface area (Å²) in [5.41, 5.74) is 1.40. The SMILES string of the molecule is CCN1CCc2c(sc(NC(=O)c3ccc(S(=O)(=O)N4CCCCC4C)cc3)c2C(=O)NC(=O)NC)C1. The van der Waals surface area contributed by atoms with Crippen molar-refractivity contribution < 1.29 is 22.8 Å². The van der Waals surface area contributed by atoms with E-state index in [1.54, 1.807) is 0 Å². The number of imide groups is 1. The minimum atomic E-state index is -3.65. The normalized spacial score (nSPS) is 18.6. The fourth-order valence-electron chi connectivity index (χ4n) is 4.80. The molecule has 200 valence electrons. The van der Waals surface area contributed by atoms with Crippen molar-refractivity contribution in [2.75, 3.05) is 32.0 Å². The summed E-state index contributed by atoms with van der Waals surface area (Å²) < 4.78 is 27.8. The number of anilines is 1. The summed E-state index contributed by atoms with van der Waals surface area (Å²) in [6.45, 7) is 6.77. The molecule has 2 aliphatic heterocycles. The number of urea groups is 1. The molecule has 12 heteroatoms. The highest BCUT2D eigenvalue weighted by Gasteiger charge is 2.32. The van der Waals surface area contributed by atoms with E-state index in [0.717, 1.165) is 42.8 Å². The summed E-state index contributed by atoms with van der Waals surface area (Å²) in [7, 11) is -2.23. The molecular weight excluding hydrogens is 514 g/mol. The topological polar surface area (TPSA) is 128 Å². The second kappa shape index (κ2) is 11.3. The Hall–Kier alpha value is -2.80. The number of nitrogens with zero attached hydrogens (tertiary/aromatic N) is 2. The van der Waals surface area contributed by atoms with Gasteiger partial charge in [0.15, 0.2) is 0 Å². The number of carbonyl (C=O) groups excluding carboxylic acids is 3. The van der Waals surface area contributed by atoms with E-state index in [4.69, 9.17) is 0 Å². The molecule has 1 aromatic heterocycles. The lowest BCUT2D eigenvalue weighted by Gasteiger charge is -2.32. The van der Waals surface area contributed by atoms with Crippen molar-refractivity contribution in [2.24, 2.45) is 0 Å². The molecule has 3 N–H and O–H groups in total. The molecule has 4 rings (SSSR count). The van der Waals surface area contributed by atoms with Gasteiger partial charge in [-0.1, -0.05) is 13.3 Å². The van der Waals surface area contributed by atoms with Gasteiger partial charge in [0.1, 0.15) is 5.00 Å². The minimum Gasteiger partial charge on any atom is -0.341 e. The van der Waals surface area contributed by atoms with Crippen LogP contribution in [-0.2, 0) is 23.0 Å². The van der Waals surface area contributed by atoms with Crippen molar-refractivity contribution in [1.29, 1.82) is 0 Å². The zero-order valence-electron chi connectivity index (χ0n) is 21.3. The van der Waals surface area contributed by atoms with Crippen LogP contribution in [-0.4, -0.2) is 68.2 Å². The molecule has 0 spiro atoms. The maximum atomic E-state index is 13.1. The maximum absolute atomic E-state index is 13.1. The van der Waals surface area contributed by atoms with E-state index >= 15 is 0 Å². The molecule has 1 unspecified atom stereocenters. The zero-order valence-corrected chi connectivity index (χ0v) is 22.9. The van der Waals surface area contributed by atoms with Gasteiger partial charge in [0.25, 0.3) is 11.8 Å². The van der Waals surface area contributed by atoms with Crippen LogP contribution in [0.4, 0.5) is 9.80 Å². The molecule has 1 fully saturated rings. The molecule has 4 amide bonds. The van der Waals surface area contributed by atoms with Crippen molar-refractivity contribution in [3.63, 3.8) is 0 Å². The van der Waals surface area contributed by atoms with Crippen molar-refractivity contribution in [2.45, 2.75) is 57.0 Å². The highest BCUT2D eigenvalue weighted by Crippen LogP contribution is 2.37. The molecule has 1 aromatic carbocycles. The third-order valence-electron chi connectivity index (χ3n) is 6.96. The smallest absolute Gasteiger partial charge is 0.321 e. The average molecular weight is 548 g/mol. The standard InChI is InChI=1S/C25H33N5O5S2/c1-4-29-14-12-19-20(15-29)36-24(21(19)23(32)28-25(33)26-3)27-22(31)17-8-10-18(11-9-17)37(34,35)30-13-6-5-7-16(30)2/h8-11,16H,4-7,12-15H2,1-3H3,(H,27,31)(H2,26,28,32,33). The average Bonchev–Trinajstić information content (AvgIpc) is 3.25. The van der Waals surface area contributed by atoms with Crippen molar-refractivity contribution in [1.82, 2.24) is 19.8 Å². The first-order chi connectivity index (χ1) is 17.6. The summed E-state index contributed by atoms with van der Waals surface area (Å²) in [6, 6.07) is 5.16. The number of piperidine rings is 1. The predicted octanol–water partition coefficient (Wildman–Crippen LogP) is 3.01. The molecule has 2 aromatic rings. The third-order valence-corrected chi connectivity index (χ3v) is 10.1. The van der Waals surface area contributed by atoms with E-state index in [-0.39, 0.29) is 16.5 Å². The molecule has 1 saturated heterocycles. The minimum absolute atomic E-state index is 0.0606. The number of hydrogen-bond donors (Lipinski definition) is 3. The van der Waals surface area contributed by atoms with Crippen LogP contribution >= 0.6 is 11.3 Å². The first-order valence-electron chi connectivity index (χ1n) is 12.5. The fraction of sp³-hybridized carbons (Fsp3) is 0.480. The molecule has 2 aliphatic rings. The van der Waals surface area contributed by atoms with Crippen LogP contribution in [0.15, 0.2) is 29.2 Å². The highest BCUT2D eigenvalue weighted by atomic mass is 32.2. The number of thiophene rings is 1. The lowest BCUT2D eigenvalue weighted by atomic mass is 10.0. The largest absolute Gasteiger partial charge is 0.341 e. The Morgan fingerprint density at radius 3 is 2.46 bits per heavy atom. The summed E-state index contributed by atoms with van der Waals surface area (Å²) in [5.74, 6) is -1.04. The van der Waals surface area contributed by atoms with Gasteiger partial charge in [-0.05, 0) is 62.6 Å². The van der Waals surface area contributed by atoms with Crippen LogP contribution in [0.5, 0.6) is 0 Å². The van der Waals surface area contributed by atoms with Gasteiger partial charge in [-0.2, -0.15) is 4.31 Å². The second-order valence-electron chi connectivity index (χ2n) is 9.30. The van der Waals surface area contributed by atoms with Crippen LogP contribution in [0, 0.1) is 0 Å². The number of rotatable bonds is 6. The number of sulfonamides is 1. The number of carbonyl (C=O) groups is 3. The quantitative estimate of drug-likeness (QED) is 0.510. The third kappa shape index (κ3) is 5.71. The Kier molecular flexibility index (Phi) is 8.32. The Bertz CT molecular complexity index is 1290. The van der Waals surface area contributed by atoms with E-state index in [1.807, 2.05) is 6.92 Å². The van der Waals surface area contributed by atoms with Gasteiger partial charge in [-0.3, -0.25) is 19.8 Å². The molecule has 10 nitrogen and oxygen atoms in total. The molecule has 0 aliphatic carbocycles. The first kappa shape index (κ1) is 27.2. The summed E-state index contributed by atoms with van der Waals surface area (Å²) in [5, 5.41) is 7.86. The number of likely N-dealkylation sites (N-methyl/N-ethyl adjacent to an activating group) is 1. The van der Waals surface area contributed by atoms with Crippen molar-refractivity contribution >= 4 is 44.2 Å². The zero-order chi connectivity index (χ0) is 26.7. The van der Waals surface area contributed by atoms with E-state index in [9.17, 15) is 22.8 Å². The highest BCUT2D eigenvalue weighted by molar-refractivity contribution is 7.89. The monoisotopic (exact) mass is 547 g/mol. The number of fused-ring (bicyclic) bond motifs is 1. The van der Waals surface area contributed by atoms with Crippen LogP contribution in [0.3, 0.4) is 0 Å². The number of amides is 4. The number of nitrogens with one attached hydrogen (secondary N) is 3. The Morgan fingerprint density at radius 2 is 1.81 bits per heavy atom. The van der Waals surface area contributed by atoms with Gasteiger partial charge in [0, 0.05) is 43.2 Å². The number of benzene rings is 1. The van der Waals surface area contributed by atoms with Crippen molar-refractivity contribution in [3.05, 3.63) is 45.8 Å². The molecule has 1 atom stereocenters. The van der Waals surface area contributed by atoms with Gasteiger partial charge in [-0.15, -0.1) is 11.3 Å². The molecule has 37 heavy (non-hydrogen) atoms. The van der Waals surface area contributed by atoms with Gasteiger partial charge >= 0.3 is 6.03 Å². The van der Waals surface area contributed by atoms with Crippen LogP contribution in [0.2, 0.25) is 0 Å². The summed E-state index contributed by atoms with van der Waals surface area (Å²) in [4.78, 5) is 41.3. The van der Waals surface area contributed by atoms with Crippen LogP contribution < -0.4 is 16.0 Å². The second-order valence-corrected chi connectivity index (χ2v) is 12.3. The van der Waals surface area contributed by atoms with E-state index < -0.39 is 27.9 Å².